The van der Waals surface area contributed by atoms with Crippen LogP contribution >= 0.6 is 0 Å². The summed E-state index contributed by atoms with van der Waals surface area (Å²) in [5.74, 6) is 0. The zero-order valence-corrected chi connectivity index (χ0v) is 11.1. The molecule has 1 aliphatic heterocycles. The van der Waals surface area contributed by atoms with Crippen LogP contribution in [-0.2, 0) is 4.74 Å². The van der Waals surface area contributed by atoms with Gasteiger partial charge < -0.3 is 15.2 Å². The Hall–Kier alpha value is -0.160. The van der Waals surface area contributed by atoms with Crippen LogP contribution in [0.5, 0.6) is 0 Å². The maximum absolute atomic E-state index is 9.34. The third kappa shape index (κ3) is 4.21. The summed E-state index contributed by atoms with van der Waals surface area (Å²) in [6.45, 7) is 7.51. The van der Waals surface area contributed by atoms with Crippen molar-refractivity contribution in [2.45, 2.75) is 57.3 Å². The molecule has 0 aromatic rings. The third-order valence-electron chi connectivity index (χ3n) is 3.77. The van der Waals surface area contributed by atoms with E-state index in [9.17, 15) is 5.11 Å². The molecule has 0 aromatic heterocycles. The second-order valence-corrected chi connectivity index (χ2v) is 5.60. The number of aliphatic hydroxyl groups is 1. The molecule has 2 rings (SSSR count). The molecule has 1 aliphatic carbocycles. The van der Waals surface area contributed by atoms with Gasteiger partial charge in [0.05, 0.1) is 19.3 Å². The Kier molecular flexibility index (Phi) is 4.79. The molecule has 1 saturated heterocycles. The maximum atomic E-state index is 9.34. The lowest BCUT2D eigenvalue weighted by Gasteiger charge is -2.37. The van der Waals surface area contributed by atoms with E-state index in [1.54, 1.807) is 0 Å². The van der Waals surface area contributed by atoms with Crippen LogP contribution < -0.4 is 5.32 Å². The molecule has 4 heteroatoms. The highest BCUT2D eigenvalue weighted by Crippen LogP contribution is 2.20. The van der Waals surface area contributed by atoms with Crippen molar-refractivity contribution in [1.29, 1.82) is 0 Å². The zero-order chi connectivity index (χ0) is 12.3. The minimum Gasteiger partial charge on any atom is -0.395 e. The first-order valence-corrected chi connectivity index (χ1v) is 6.91. The van der Waals surface area contributed by atoms with E-state index in [4.69, 9.17) is 4.74 Å². The molecule has 17 heavy (non-hydrogen) atoms. The Balaban J connectivity index is 1.70. The molecule has 1 heterocycles. The molecule has 2 N–H and O–H groups in total. The van der Waals surface area contributed by atoms with Gasteiger partial charge in [0.15, 0.2) is 0 Å². The van der Waals surface area contributed by atoms with Gasteiger partial charge in [-0.3, -0.25) is 4.90 Å². The highest BCUT2D eigenvalue weighted by molar-refractivity contribution is 4.85. The van der Waals surface area contributed by atoms with Crippen molar-refractivity contribution in [1.82, 2.24) is 10.2 Å². The normalized spacial score (nSPS) is 32.6. The topological polar surface area (TPSA) is 44.7 Å². The molecule has 0 amide bonds. The molecule has 1 saturated carbocycles. The Labute approximate surface area is 104 Å². The first kappa shape index (κ1) is 13.3. The molecule has 3 atom stereocenters. The Morgan fingerprint density at radius 3 is 2.82 bits per heavy atom. The quantitative estimate of drug-likeness (QED) is 0.716. The van der Waals surface area contributed by atoms with Crippen LogP contribution in [0.1, 0.15) is 33.1 Å². The Morgan fingerprint density at radius 2 is 2.18 bits per heavy atom. The maximum Gasteiger partial charge on any atom is 0.0674 e. The number of hydrogen-bond acceptors (Lipinski definition) is 4. The van der Waals surface area contributed by atoms with Gasteiger partial charge in [-0.05, 0) is 33.1 Å². The molecule has 2 aliphatic rings. The van der Waals surface area contributed by atoms with E-state index in [2.05, 4.69) is 24.1 Å². The standard InChI is InChI=1S/C13H26N2O2/c1-10-9-17-11(2)7-15(10)6-5-13(8-16)14-12-3-4-12/h10-14,16H,3-9H2,1-2H3. The lowest BCUT2D eigenvalue weighted by atomic mass is 10.1. The van der Waals surface area contributed by atoms with E-state index in [0.717, 1.165) is 26.1 Å². The Morgan fingerprint density at radius 1 is 1.41 bits per heavy atom. The Bertz CT molecular complexity index is 233. The fraction of sp³-hybridized carbons (Fsp3) is 1.00. The number of ether oxygens (including phenoxy) is 1. The van der Waals surface area contributed by atoms with E-state index in [1.165, 1.54) is 12.8 Å². The minimum absolute atomic E-state index is 0.255. The van der Waals surface area contributed by atoms with Crippen LogP contribution in [0, 0.1) is 0 Å². The van der Waals surface area contributed by atoms with Crippen molar-refractivity contribution in [3.63, 3.8) is 0 Å². The molecule has 0 radical (unpaired) electrons. The summed E-state index contributed by atoms with van der Waals surface area (Å²) in [7, 11) is 0. The van der Waals surface area contributed by atoms with E-state index in [-0.39, 0.29) is 12.6 Å². The second kappa shape index (κ2) is 6.14. The van der Waals surface area contributed by atoms with Gasteiger partial charge in [0, 0.05) is 31.2 Å². The van der Waals surface area contributed by atoms with Crippen molar-refractivity contribution in [2.75, 3.05) is 26.3 Å². The predicted octanol–water partition coefficient (Wildman–Crippen LogP) is 0.599. The minimum atomic E-state index is 0.255. The lowest BCUT2D eigenvalue weighted by molar-refractivity contribution is -0.0506. The van der Waals surface area contributed by atoms with Crippen LogP contribution in [-0.4, -0.2) is 60.5 Å². The van der Waals surface area contributed by atoms with Crippen molar-refractivity contribution in [2.24, 2.45) is 0 Å². The van der Waals surface area contributed by atoms with Crippen LogP contribution in [0.25, 0.3) is 0 Å². The van der Waals surface area contributed by atoms with Crippen molar-refractivity contribution < 1.29 is 9.84 Å². The molecule has 4 nitrogen and oxygen atoms in total. The van der Waals surface area contributed by atoms with Crippen LogP contribution in [0.4, 0.5) is 0 Å². The number of aliphatic hydroxyl groups excluding tert-OH is 1. The fourth-order valence-corrected chi connectivity index (χ4v) is 2.42. The van der Waals surface area contributed by atoms with Gasteiger partial charge in [-0.1, -0.05) is 0 Å². The van der Waals surface area contributed by atoms with Crippen molar-refractivity contribution in [3.05, 3.63) is 0 Å². The highest BCUT2D eigenvalue weighted by Gasteiger charge is 2.26. The first-order valence-electron chi connectivity index (χ1n) is 6.91. The number of hydrogen-bond donors (Lipinski definition) is 2. The van der Waals surface area contributed by atoms with E-state index < -0.39 is 0 Å². The number of rotatable bonds is 6. The van der Waals surface area contributed by atoms with Gasteiger partial charge in [0.2, 0.25) is 0 Å². The molecular formula is C13H26N2O2. The lowest BCUT2D eigenvalue weighted by Crippen LogP contribution is -2.49. The molecule has 0 bridgehead atoms. The van der Waals surface area contributed by atoms with Gasteiger partial charge >= 0.3 is 0 Å². The number of nitrogens with one attached hydrogen (secondary N) is 1. The summed E-state index contributed by atoms with van der Waals surface area (Å²) in [6, 6.07) is 1.45. The summed E-state index contributed by atoms with van der Waals surface area (Å²) in [5.41, 5.74) is 0. The summed E-state index contributed by atoms with van der Waals surface area (Å²) in [5, 5.41) is 12.8. The number of nitrogens with zero attached hydrogens (tertiary/aromatic N) is 1. The predicted molar refractivity (Wildman–Crippen MR) is 68.1 cm³/mol. The third-order valence-corrected chi connectivity index (χ3v) is 3.77. The smallest absolute Gasteiger partial charge is 0.0674 e. The van der Waals surface area contributed by atoms with Gasteiger partial charge in [-0.2, -0.15) is 0 Å². The molecule has 2 fully saturated rings. The molecule has 3 unspecified atom stereocenters. The molecular weight excluding hydrogens is 216 g/mol. The fourth-order valence-electron chi connectivity index (χ4n) is 2.42. The summed E-state index contributed by atoms with van der Waals surface area (Å²) < 4.78 is 5.62. The summed E-state index contributed by atoms with van der Waals surface area (Å²) >= 11 is 0. The highest BCUT2D eigenvalue weighted by atomic mass is 16.5. The van der Waals surface area contributed by atoms with Crippen LogP contribution in [0.2, 0.25) is 0 Å². The average molecular weight is 242 g/mol. The van der Waals surface area contributed by atoms with Crippen LogP contribution in [0.3, 0.4) is 0 Å². The second-order valence-electron chi connectivity index (χ2n) is 5.60. The van der Waals surface area contributed by atoms with Gasteiger partial charge in [0.25, 0.3) is 0 Å². The van der Waals surface area contributed by atoms with Crippen molar-refractivity contribution >= 4 is 0 Å². The van der Waals surface area contributed by atoms with Gasteiger partial charge in [-0.15, -0.1) is 0 Å². The van der Waals surface area contributed by atoms with E-state index in [0.29, 0.717) is 18.2 Å². The molecule has 100 valence electrons. The number of morpholine rings is 1. The largest absolute Gasteiger partial charge is 0.395 e. The molecule has 0 aromatic carbocycles. The van der Waals surface area contributed by atoms with Crippen molar-refractivity contribution in [3.8, 4) is 0 Å². The SMILES string of the molecule is CC1CN(CCC(CO)NC2CC2)C(C)CO1. The summed E-state index contributed by atoms with van der Waals surface area (Å²) in [6.07, 6.45) is 3.93. The van der Waals surface area contributed by atoms with Crippen LogP contribution in [0.15, 0.2) is 0 Å². The monoisotopic (exact) mass is 242 g/mol. The molecule has 0 spiro atoms. The van der Waals surface area contributed by atoms with Gasteiger partial charge in [-0.25, -0.2) is 0 Å². The zero-order valence-electron chi connectivity index (χ0n) is 11.1. The van der Waals surface area contributed by atoms with Gasteiger partial charge in [0.1, 0.15) is 0 Å². The first-order chi connectivity index (χ1) is 8.19. The average Bonchev–Trinajstić information content (AvgIpc) is 3.12. The van der Waals surface area contributed by atoms with E-state index >= 15 is 0 Å². The van der Waals surface area contributed by atoms with E-state index in [1.807, 2.05) is 0 Å². The summed E-state index contributed by atoms with van der Waals surface area (Å²) in [4.78, 5) is 2.48.